The van der Waals surface area contributed by atoms with E-state index in [9.17, 15) is 14.0 Å². The maximum Gasteiger partial charge on any atom is 0.261 e. The second-order valence-electron chi connectivity index (χ2n) is 6.73. The first-order chi connectivity index (χ1) is 13.0. The molecule has 0 atom stereocenters. The van der Waals surface area contributed by atoms with E-state index in [1.807, 2.05) is 0 Å². The number of aromatic nitrogens is 2. The van der Waals surface area contributed by atoms with Crippen LogP contribution in [0.1, 0.15) is 32.9 Å². The van der Waals surface area contributed by atoms with Crippen molar-refractivity contribution in [2.75, 3.05) is 6.54 Å². The van der Waals surface area contributed by atoms with Crippen LogP contribution in [0.4, 0.5) is 4.39 Å². The van der Waals surface area contributed by atoms with E-state index in [1.54, 1.807) is 43.0 Å². The summed E-state index contributed by atoms with van der Waals surface area (Å²) in [6.45, 7) is 4.14. The summed E-state index contributed by atoms with van der Waals surface area (Å²) >= 11 is 0. The smallest absolute Gasteiger partial charge is 0.261 e. The molecule has 1 aromatic carbocycles. The minimum atomic E-state index is -0.400. The van der Waals surface area contributed by atoms with Gasteiger partial charge < -0.3 is 14.4 Å². The number of carbonyl (C=O) groups excluding carboxylic acids is 1. The van der Waals surface area contributed by atoms with Crippen LogP contribution in [-0.2, 0) is 13.0 Å². The maximum absolute atomic E-state index is 14.2. The predicted octanol–water partition coefficient (Wildman–Crippen LogP) is 2.98. The van der Waals surface area contributed by atoms with E-state index < -0.39 is 11.4 Å². The van der Waals surface area contributed by atoms with Crippen molar-refractivity contribution in [2.24, 2.45) is 0 Å². The number of nitrogens with zero attached hydrogens (tertiary/aromatic N) is 2. The Morgan fingerprint density at radius 3 is 2.81 bits per heavy atom. The lowest BCUT2D eigenvalue weighted by Crippen LogP contribution is -2.39. The number of aryl methyl sites for hydroxylation is 2. The summed E-state index contributed by atoms with van der Waals surface area (Å²) in [4.78, 5) is 29.5. The Balaban J connectivity index is 1.70. The summed E-state index contributed by atoms with van der Waals surface area (Å²) in [6, 6.07) is 8.09. The number of amides is 1. The molecule has 3 aromatic rings. The predicted molar refractivity (Wildman–Crippen MR) is 96.9 cm³/mol. The van der Waals surface area contributed by atoms with Crippen molar-refractivity contribution in [1.29, 1.82) is 0 Å². The highest BCUT2D eigenvalue weighted by Crippen LogP contribution is 2.31. The van der Waals surface area contributed by atoms with Crippen molar-refractivity contribution < 1.29 is 13.7 Å². The SMILES string of the molecule is Cc1cc(C)c(C(=O)N2CCc3onc(-c4ccccc4F)c3C2)c(=O)[nH]1. The van der Waals surface area contributed by atoms with Crippen LogP contribution < -0.4 is 5.56 Å². The number of rotatable bonds is 2. The van der Waals surface area contributed by atoms with E-state index in [0.29, 0.717) is 46.8 Å². The number of carbonyl (C=O) groups is 1. The zero-order valence-corrected chi connectivity index (χ0v) is 15.0. The Kier molecular flexibility index (Phi) is 4.14. The Labute approximate surface area is 154 Å². The maximum atomic E-state index is 14.2. The standard InChI is InChI=1S/C20H18FN3O3/c1-11-9-12(2)22-19(25)17(11)20(26)24-8-7-16-14(10-24)18(23-27-16)13-5-3-4-6-15(13)21/h3-6,9H,7-8,10H2,1-2H3,(H,22,25). The van der Waals surface area contributed by atoms with E-state index in [1.165, 1.54) is 6.07 Å². The van der Waals surface area contributed by atoms with Gasteiger partial charge in [-0.1, -0.05) is 17.3 Å². The van der Waals surface area contributed by atoms with Gasteiger partial charge >= 0.3 is 0 Å². The molecule has 0 bridgehead atoms. The van der Waals surface area contributed by atoms with Crippen LogP contribution in [0.2, 0.25) is 0 Å². The first-order valence-electron chi connectivity index (χ1n) is 8.68. The quantitative estimate of drug-likeness (QED) is 0.755. The number of benzene rings is 1. The molecule has 138 valence electrons. The van der Waals surface area contributed by atoms with Gasteiger partial charge in [-0.3, -0.25) is 9.59 Å². The molecule has 1 aliphatic rings. The van der Waals surface area contributed by atoms with Crippen molar-refractivity contribution in [3.63, 3.8) is 0 Å². The fourth-order valence-corrected chi connectivity index (χ4v) is 3.52. The highest BCUT2D eigenvalue weighted by Gasteiger charge is 2.30. The highest BCUT2D eigenvalue weighted by molar-refractivity contribution is 5.95. The van der Waals surface area contributed by atoms with Gasteiger partial charge in [-0.15, -0.1) is 0 Å². The lowest BCUT2D eigenvalue weighted by atomic mass is 10.00. The van der Waals surface area contributed by atoms with E-state index >= 15 is 0 Å². The molecule has 0 saturated carbocycles. The molecule has 27 heavy (non-hydrogen) atoms. The summed E-state index contributed by atoms with van der Waals surface area (Å²) in [5.41, 5.74) is 2.48. The van der Waals surface area contributed by atoms with Crippen LogP contribution in [0, 0.1) is 19.7 Å². The monoisotopic (exact) mass is 367 g/mol. The van der Waals surface area contributed by atoms with E-state index in [4.69, 9.17) is 4.52 Å². The molecule has 1 aliphatic heterocycles. The van der Waals surface area contributed by atoms with Gasteiger partial charge in [0.15, 0.2) is 0 Å². The molecule has 0 spiro atoms. The van der Waals surface area contributed by atoms with E-state index in [0.717, 1.165) is 0 Å². The Bertz CT molecular complexity index is 1100. The molecule has 1 amide bonds. The molecule has 0 aliphatic carbocycles. The molecule has 2 aromatic heterocycles. The zero-order chi connectivity index (χ0) is 19.1. The van der Waals surface area contributed by atoms with Gasteiger partial charge in [-0.25, -0.2) is 4.39 Å². The van der Waals surface area contributed by atoms with Crippen molar-refractivity contribution in [2.45, 2.75) is 26.8 Å². The average molecular weight is 367 g/mol. The van der Waals surface area contributed by atoms with Crippen molar-refractivity contribution in [3.05, 3.63) is 74.6 Å². The number of aromatic amines is 1. The van der Waals surface area contributed by atoms with Gasteiger partial charge in [0.05, 0.1) is 6.54 Å². The highest BCUT2D eigenvalue weighted by atomic mass is 19.1. The van der Waals surface area contributed by atoms with Crippen LogP contribution in [-0.4, -0.2) is 27.5 Å². The number of pyridine rings is 1. The zero-order valence-electron chi connectivity index (χ0n) is 15.0. The summed E-state index contributed by atoms with van der Waals surface area (Å²) in [5, 5.41) is 4.02. The van der Waals surface area contributed by atoms with Gasteiger partial charge in [0.25, 0.3) is 11.5 Å². The number of fused-ring (bicyclic) bond motifs is 1. The molecule has 6 nitrogen and oxygen atoms in total. The normalized spacial score (nSPS) is 13.5. The topological polar surface area (TPSA) is 79.2 Å². The number of hydrogen-bond donors (Lipinski definition) is 1. The first-order valence-corrected chi connectivity index (χ1v) is 8.68. The number of H-pyrrole nitrogens is 1. The van der Waals surface area contributed by atoms with Crippen LogP contribution in [0.5, 0.6) is 0 Å². The second-order valence-corrected chi connectivity index (χ2v) is 6.73. The van der Waals surface area contributed by atoms with Crippen molar-refractivity contribution >= 4 is 5.91 Å². The van der Waals surface area contributed by atoms with E-state index in [2.05, 4.69) is 10.1 Å². The first kappa shape index (κ1) is 17.2. The largest absolute Gasteiger partial charge is 0.360 e. The minimum Gasteiger partial charge on any atom is -0.360 e. The number of hydrogen-bond acceptors (Lipinski definition) is 4. The third kappa shape index (κ3) is 2.95. The van der Waals surface area contributed by atoms with Gasteiger partial charge in [0, 0.05) is 29.8 Å². The Morgan fingerprint density at radius 2 is 2.07 bits per heavy atom. The molecular formula is C20H18FN3O3. The molecular weight excluding hydrogens is 349 g/mol. The third-order valence-corrected chi connectivity index (χ3v) is 4.82. The van der Waals surface area contributed by atoms with Gasteiger partial charge in [-0.05, 0) is 37.6 Å². The molecule has 4 rings (SSSR count). The van der Waals surface area contributed by atoms with E-state index in [-0.39, 0.29) is 18.0 Å². The molecule has 0 saturated heterocycles. The van der Waals surface area contributed by atoms with Crippen LogP contribution in [0.15, 0.2) is 39.6 Å². The fraction of sp³-hybridized carbons (Fsp3) is 0.250. The Hall–Kier alpha value is -3.22. The van der Waals surface area contributed by atoms with Gasteiger partial charge in [0.2, 0.25) is 0 Å². The molecule has 0 unspecified atom stereocenters. The molecule has 3 heterocycles. The molecule has 0 radical (unpaired) electrons. The summed E-state index contributed by atoms with van der Waals surface area (Å²) in [6.07, 6.45) is 0.464. The molecule has 0 fully saturated rings. The fourth-order valence-electron chi connectivity index (χ4n) is 3.52. The number of halogens is 1. The van der Waals surface area contributed by atoms with Gasteiger partial charge in [-0.2, -0.15) is 0 Å². The van der Waals surface area contributed by atoms with Crippen molar-refractivity contribution in [1.82, 2.24) is 15.0 Å². The lowest BCUT2D eigenvalue weighted by molar-refractivity contribution is 0.0726. The van der Waals surface area contributed by atoms with Crippen LogP contribution >= 0.6 is 0 Å². The van der Waals surface area contributed by atoms with Crippen LogP contribution in [0.25, 0.3) is 11.3 Å². The number of nitrogens with one attached hydrogen (secondary N) is 1. The summed E-state index contributed by atoms with van der Waals surface area (Å²) in [5.74, 6) is -0.102. The average Bonchev–Trinajstić information content (AvgIpc) is 3.04. The van der Waals surface area contributed by atoms with Gasteiger partial charge in [0.1, 0.15) is 22.8 Å². The minimum absolute atomic E-state index is 0.132. The van der Waals surface area contributed by atoms with Crippen molar-refractivity contribution in [3.8, 4) is 11.3 Å². The third-order valence-electron chi connectivity index (χ3n) is 4.82. The molecule has 7 heteroatoms. The Morgan fingerprint density at radius 1 is 1.30 bits per heavy atom. The molecule has 1 N–H and O–H groups in total. The summed E-state index contributed by atoms with van der Waals surface area (Å²) < 4.78 is 19.6. The second kappa shape index (κ2) is 6.50. The van der Waals surface area contributed by atoms with Crippen LogP contribution in [0.3, 0.4) is 0 Å². The lowest BCUT2D eigenvalue weighted by Gasteiger charge is -2.26. The summed E-state index contributed by atoms with van der Waals surface area (Å²) in [7, 11) is 0.